The van der Waals surface area contributed by atoms with Crippen molar-refractivity contribution in [3.63, 3.8) is 0 Å². The Morgan fingerprint density at radius 3 is 2.82 bits per heavy atom. The number of aromatic carboxylic acids is 1. The Kier molecular flexibility index (Phi) is 3.81. The molecular weight excluding hydrogens is 302 g/mol. The van der Waals surface area contributed by atoms with Gasteiger partial charge in [0.25, 0.3) is 0 Å². The third-order valence-electron chi connectivity index (χ3n) is 2.28. The second-order valence-corrected chi connectivity index (χ2v) is 5.12. The van der Waals surface area contributed by atoms with E-state index in [-0.39, 0.29) is 5.56 Å². The molecule has 88 valence electrons. The molecule has 1 heterocycles. The van der Waals surface area contributed by atoms with Crippen LogP contribution in [0.1, 0.15) is 15.9 Å². The van der Waals surface area contributed by atoms with E-state index in [1.807, 2.05) is 5.38 Å². The van der Waals surface area contributed by atoms with Gasteiger partial charge in [-0.2, -0.15) is 11.3 Å². The normalized spacial score (nSPS) is 10.2. The van der Waals surface area contributed by atoms with Gasteiger partial charge >= 0.3 is 5.97 Å². The SMILES string of the molecule is O=C(O)c1ccc(NCc2ccsc2)cc1Br. The molecule has 2 N–H and O–H groups in total. The third kappa shape index (κ3) is 3.08. The molecule has 0 aliphatic rings. The molecule has 5 heteroatoms. The van der Waals surface area contributed by atoms with Crippen molar-refractivity contribution in [1.82, 2.24) is 0 Å². The molecule has 17 heavy (non-hydrogen) atoms. The fourth-order valence-electron chi connectivity index (χ4n) is 1.40. The summed E-state index contributed by atoms with van der Waals surface area (Å²) in [6.07, 6.45) is 0. The highest BCUT2D eigenvalue weighted by Crippen LogP contribution is 2.22. The van der Waals surface area contributed by atoms with E-state index >= 15 is 0 Å². The molecule has 0 radical (unpaired) electrons. The number of hydrogen-bond donors (Lipinski definition) is 2. The lowest BCUT2D eigenvalue weighted by Crippen LogP contribution is -2.01. The number of halogens is 1. The van der Waals surface area contributed by atoms with Crippen LogP contribution in [0.25, 0.3) is 0 Å². The molecular formula is C12H10BrNO2S. The summed E-state index contributed by atoms with van der Waals surface area (Å²) >= 11 is 4.90. The van der Waals surface area contributed by atoms with Crippen LogP contribution in [0.4, 0.5) is 5.69 Å². The molecule has 0 atom stereocenters. The summed E-state index contributed by atoms with van der Waals surface area (Å²) in [5.41, 5.74) is 2.38. The first-order chi connectivity index (χ1) is 8.16. The number of nitrogens with one attached hydrogen (secondary N) is 1. The molecule has 0 amide bonds. The number of rotatable bonds is 4. The molecule has 1 aromatic heterocycles. The fraction of sp³-hybridized carbons (Fsp3) is 0.0833. The van der Waals surface area contributed by atoms with Gasteiger partial charge in [-0.1, -0.05) is 0 Å². The zero-order chi connectivity index (χ0) is 12.3. The van der Waals surface area contributed by atoms with Crippen molar-refractivity contribution in [2.45, 2.75) is 6.54 Å². The summed E-state index contributed by atoms with van der Waals surface area (Å²) in [4.78, 5) is 10.8. The minimum Gasteiger partial charge on any atom is -0.478 e. The van der Waals surface area contributed by atoms with Gasteiger partial charge < -0.3 is 10.4 Å². The number of anilines is 1. The molecule has 0 spiro atoms. The van der Waals surface area contributed by atoms with E-state index < -0.39 is 5.97 Å². The zero-order valence-electron chi connectivity index (χ0n) is 8.81. The highest BCUT2D eigenvalue weighted by molar-refractivity contribution is 9.10. The zero-order valence-corrected chi connectivity index (χ0v) is 11.2. The number of hydrogen-bond acceptors (Lipinski definition) is 3. The third-order valence-corrected chi connectivity index (χ3v) is 3.66. The van der Waals surface area contributed by atoms with Crippen LogP contribution in [0, 0.1) is 0 Å². The number of thiophene rings is 1. The Hall–Kier alpha value is -1.33. The van der Waals surface area contributed by atoms with Gasteiger partial charge in [0.15, 0.2) is 0 Å². The molecule has 3 nitrogen and oxygen atoms in total. The minimum atomic E-state index is -0.929. The number of benzene rings is 1. The Morgan fingerprint density at radius 1 is 1.41 bits per heavy atom. The summed E-state index contributed by atoms with van der Waals surface area (Å²) in [5, 5.41) is 16.2. The largest absolute Gasteiger partial charge is 0.478 e. The van der Waals surface area contributed by atoms with E-state index in [2.05, 4.69) is 32.7 Å². The summed E-state index contributed by atoms with van der Waals surface area (Å²) in [6, 6.07) is 7.18. The Morgan fingerprint density at radius 2 is 2.24 bits per heavy atom. The lowest BCUT2D eigenvalue weighted by Gasteiger charge is -2.07. The average molecular weight is 312 g/mol. The number of carboxylic acids is 1. The summed E-state index contributed by atoms with van der Waals surface area (Å²) in [5.74, 6) is -0.929. The van der Waals surface area contributed by atoms with E-state index in [0.717, 1.165) is 12.2 Å². The van der Waals surface area contributed by atoms with Crippen molar-refractivity contribution in [3.8, 4) is 0 Å². The van der Waals surface area contributed by atoms with Crippen molar-refractivity contribution in [1.29, 1.82) is 0 Å². The standard InChI is InChI=1S/C12H10BrNO2S/c13-11-5-9(1-2-10(11)12(15)16)14-6-8-3-4-17-7-8/h1-5,7,14H,6H2,(H,15,16). The van der Waals surface area contributed by atoms with Gasteiger partial charge in [0.2, 0.25) is 0 Å². The Bertz CT molecular complexity index is 525. The van der Waals surface area contributed by atoms with Gasteiger partial charge in [-0.25, -0.2) is 4.79 Å². The quantitative estimate of drug-likeness (QED) is 0.902. The monoisotopic (exact) mass is 311 g/mol. The topological polar surface area (TPSA) is 49.3 Å². The highest BCUT2D eigenvalue weighted by atomic mass is 79.9. The van der Waals surface area contributed by atoms with Gasteiger partial charge in [0.1, 0.15) is 0 Å². The van der Waals surface area contributed by atoms with E-state index in [4.69, 9.17) is 5.11 Å². The van der Waals surface area contributed by atoms with Crippen molar-refractivity contribution in [3.05, 3.63) is 50.6 Å². The van der Waals surface area contributed by atoms with Gasteiger partial charge in [-0.3, -0.25) is 0 Å². The second kappa shape index (κ2) is 5.33. The van der Waals surface area contributed by atoms with Crippen molar-refractivity contribution in [2.24, 2.45) is 0 Å². The fourth-order valence-corrected chi connectivity index (χ4v) is 2.61. The molecule has 0 unspecified atom stereocenters. The van der Waals surface area contributed by atoms with Crippen LogP contribution in [-0.4, -0.2) is 11.1 Å². The van der Waals surface area contributed by atoms with Crippen molar-refractivity contribution in [2.75, 3.05) is 5.32 Å². The van der Waals surface area contributed by atoms with E-state index in [0.29, 0.717) is 4.47 Å². The van der Waals surface area contributed by atoms with E-state index in [1.165, 1.54) is 5.56 Å². The average Bonchev–Trinajstić information content (AvgIpc) is 2.78. The van der Waals surface area contributed by atoms with Crippen LogP contribution >= 0.6 is 27.3 Å². The van der Waals surface area contributed by atoms with Crippen LogP contribution in [0.3, 0.4) is 0 Å². The summed E-state index contributed by atoms with van der Waals surface area (Å²) in [6.45, 7) is 0.738. The van der Waals surface area contributed by atoms with E-state index in [9.17, 15) is 4.79 Å². The molecule has 0 aliphatic carbocycles. The van der Waals surface area contributed by atoms with Crippen LogP contribution in [0.15, 0.2) is 39.5 Å². The Balaban J connectivity index is 2.07. The van der Waals surface area contributed by atoms with E-state index in [1.54, 1.807) is 29.5 Å². The smallest absolute Gasteiger partial charge is 0.336 e. The molecule has 0 saturated carbocycles. The predicted octanol–water partition coefficient (Wildman–Crippen LogP) is 3.82. The molecule has 0 aliphatic heterocycles. The maximum atomic E-state index is 10.8. The lowest BCUT2D eigenvalue weighted by molar-refractivity contribution is 0.0696. The van der Waals surface area contributed by atoms with Crippen LogP contribution in [-0.2, 0) is 6.54 Å². The first-order valence-corrected chi connectivity index (χ1v) is 6.68. The number of carbonyl (C=O) groups is 1. The molecule has 2 aromatic rings. The Labute approximate surface area is 111 Å². The van der Waals surface area contributed by atoms with Gasteiger partial charge in [0, 0.05) is 16.7 Å². The van der Waals surface area contributed by atoms with Crippen LogP contribution in [0.2, 0.25) is 0 Å². The maximum absolute atomic E-state index is 10.8. The van der Waals surface area contributed by atoms with Crippen molar-refractivity contribution >= 4 is 38.9 Å². The molecule has 0 bridgehead atoms. The molecule has 0 fully saturated rings. The molecule has 2 rings (SSSR count). The summed E-state index contributed by atoms with van der Waals surface area (Å²) < 4.78 is 0.584. The van der Waals surface area contributed by atoms with Gasteiger partial charge in [-0.05, 0) is 56.5 Å². The molecule has 1 aromatic carbocycles. The van der Waals surface area contributed by atoms with Crippen molar-refractivity contribution < 1.29 is 9.90 Å². The highest BCUT2D eigenvalue weighted by Gasteiger charge is 2.08. The first kappa shape index (κ1) is 12.1. The first-order valence-electron chi connectivity index (χ1n) is 4.94. The molecule has 0 saturated heterocycles. The number of carboxylic acid groups (broad SMARTS) is 1. The second-order valence-electron chi connectivity index (χ2n) is 3.48. The summed E-state index contributed by atoms with van der Waals surface area (Å²) in [7, 11) is 0. The van der Waals surface area contributed by atoms with Crippen LogP contribution < -0.4 is 5.32 Å². The van der Waals surface area contributed by atoms with Gasteiger partial charge in [-0.15, -0.1) is 0 Å². The predicted molar refractivity (Wildman–Crippen MR) is 72.7 cm³/mol. The minimum absolute atomic E-state index is 0.270. The lowest BCUT2D eigenvalue weighted by atomic mass is 10.2. The van der Waals surface area contributed by atoms with Gasteiger partial charge in [0.05, 0.1) is 5.56 Å². The maximum Gasteiger partial charge on any atom is 0.336 e. The van der Waals surface area contributed by atoms with Crippen LogP contribution in [0.5, 0.6) is 0 Å².